The Labute approximate surface area is 102 Å². The van der Waals surface area contributed by atoms with Gasteiger partial charge in [-0.05, 0) is 25.7 Å². The fourth-order valence-corrected chi connectivity index (χ4v) is 1.53. The number of rotatable bonds is 7. The zero-order valence-corrected chi connectivity index (χ0v) is 12.0. The molecule has 0 amide bonds. The van der Waals surface area contributed by atoms with Crippen LogP contribution < -0.4 is 0 Å². The van der Waals surface area contributed by atoms with E-state index in [-0.39, 0.29) is 11.0 Å². The summed E-state index contributed by atoms with van der Waals surface area (Å²) in [4.78, 5) is 0. The minimum absolute atomic E-state index is 0. The van der Waals surface area contributed by atoms with Crippen molar-refractivity contribution in [1.82, 2.24) is 0 Å². The van der Waals surface area contributed by atoms with E-state index in [2.05, 4.69) is 42.3 Å². The first-order valence-electron chi connectivity index (χ1n) is 5.82. The molecule has 0 aromatic heterocycles. The molecule has 0 unspecified atom stereocenters. The predicted molar refractivity (Wildman–Crippen MR) is 68.1 cm³/mol. The number of nitrogens with zero attached hydrogens (tertiary/aromatic N) is 2. The van der Waals surface area contributed by atoms with Crippen LogP contribution in [-0.2, 0) is 0 Å². The average Bonchev–Trinajstić information content (AvgIpc) is 1.92. The van der Waals surface area contributed by atoms with Crippen LogP contribution >= 0.6 is 0 Å². The molecule has 0 bridgehead atoms. The molecule has 0 aliphatic rings. The van der Waals surface area contributed by atoms with Crippen LogP contribution in [0.3, 0.4) is 0 Å². The first-order chi connectivity index (χ1) is 6.21. The first kappa shape index (κ1) is 21.2. The molecular formula is C12H32N2O2. The second-order valence-corrected chi connectivity index (χ2v) is 6.44. The largest absolute Gasteiger partial charge is 0.870 e. The highest BCUT2D eigenvalue weighted by Crippen LogP contribution is 2.05. The Hall–Kier alpha value is -0.160. The van der Waals surface area contributed by atoms with Gasteiger partial charge < -0.3 is 19.9 Å². The van der Waals surface area contributed by atoms with Gasteiger partial charge in [0.2, 0.25) is 0 Å². The van der Waals surface area contributed by atoms with Crippen molar-refractivity contribution in [2.75, 3.05) is 55.4 Å². The standard InChI is InChI=1S/C12H30N2.2H2O/c1-13(2,3)11-9-7-8-10-12-14(4,5)6;;/h7-12H2,1-6H3;2*1H2/q+2;;/p-2. The molecule has 4 heteroatoms. The number of hydrogen-bond acceptors (Lipinski definition) is 2. The Bertz CT molecular complexity index is 130. The highest BCUT2D eigenvalue weighted by atomic mass is 16.0. The molecule has 0 fully saturated rings. The Morgan fingerprint density at radius 2 is 0.750 bits per heavy atom. The van der Waals surface area contributed by atoms with Gasteiger partial charge in [0.1, 0.15) is 0 Å². The van der Waals surface area contributed by atoms with Crippen molar-refractivity contribution < 1.29 is 19.9 Å². The summed E-state index contributed by atoms with van der Waals surface area (Å²) >= 11 is 0. The van der Waals surface area contributed by atoms with E-state index >= 15 is 0 Å². The van der Waals surface area contributed by atoms with Gasteiger partial charge in [-0.1, -0.05) is 0 Å². The molecule has 0 atom stereocenters. The predicted octanol–water partition coefficient (Wildman–Crippen LogP) is 1.61. The zero-order valence-electron chi connectivity index (χ0n) is 12.0. The van der Waals surface area contributed by atoms with Crippen molar-refractivity contribution in [2.24, 2.45) is 0 Å². The topological polar surface area (TPSA) is 60.0 Å². The Morgan fingerprint density at radius 3 is 0.938 bits per heavy atom. The number of hydrogen-bond donors (Lipinski definition) is 0. The molecule has 0 aliphatic carbocycles. The lowest BCUT2D eigenvalue weighted by atomic mass is 10.1. The fourth-order valence-electron chi connectivity index (χ4n) is 1.53. The summed E-state index contributed by atoms with van der Waals surface area (Å²) < 4.78 is 2.21. The van der Waals surface area contributed by atoms with Crippen LogP contribution in [0.1, 0.15) is 25.7 Å². The van der Waals surface area contributed by atoms with E-state index in [1.54, 1.807) is 0 Å². The molecule has 0 aliphatic heterocycles. The van der Waals surface area contributed by atoms with E-state index in [9.17, 15) is 0 Å². The molecule has 0 radical (unpaired) electrons. The van der Waals surface area contributed by atoms with Gasteiger partial charge in [-0.3, -0.25) is 0 Å². The summed E-state index contributed by atoms with van der Waals surface area (Å²) in [5, 5.41) is 0. The molecule has 16 heavy (non-hydrogen) atoms. The highest BCUT2D eigenvalue weighted by Gasteiger charge is 2.07. The Kier molecular flexibility index (Phi) is 11.8. The minimum Gasteiger partial charge on any atom is -0.870 e. The van der Waals surface area contributed by atoms with Gasteiger partial charge in [0.05, 0.1) is 55.4 Å². The minimum atomic E-state index is 0. The van der Waals surface area contributed by atoms with E-state index < -0.39 is 0 Å². The molecule has 0 spiro atoms. The van der Waals surface area contributed by atoms with E-state index in [1.807, 2.05) is 0 Å². The van der Waals surface area contributed by atoms with Crippen molar-refractivity contribution in [3.05, 3.63) is 0 Å². The van der Waals surface area contributed by atoms with Gasteiger partial charge in [0.15, 0.2) is 0 Å². The Morgan fingerprint density at radius 1 is 0.500 bits per heavy atom. The van der Waals surface area contributed by atoms with Gasteiger partial charge in [-0.2, -0.15) is 0 Å². The lowest BCUT2D eigenvalue weighted by Gasteiger charge is -2.25. The molecule has 0 aromatic rings. The second kappa shape index (κ2) is 8.93. The monoisotopic (exact) mass is 236 g/mol. The molecule has 102 valence electrons. The van der Waals surface area contributed by atoms with Gasteiger partial charge >= 0.3 is 0 Å². The van der Waals surface area contributed by atoms with Gasteiger partial charge in [0, 0.05) is 0 Å². The van der Waals surface area contributed by atoms with Crippen LogP contribution in [0.25, 0.3) is 0 Å². The lowest BCUT2D eigenvalue weighted by Crippen LogP contribution is -2.35. The smallest absolute Gasteiger partial charge is 0.0780 e. The fraction of sp³-hybridized carbons (Fsp3) is 1.00. The van der Waals surface area contributed by atoms with Gasteiger partial charge in [0.25, 0.3) is 0 Å². The maximum atomic E-state index is 2.27. The summed E-state index contributed by atoms with van der Waals surface area (Å²) in [7, 11) is 13.6. The first-order valence-corrected chi connectivity index (χ1v) is 5.82. The van der Waals surface area contributed by atoms with Crippen LogP contribution in [0, 0.1) is 0 Å². The van der Waals surface area contributed by atoms with Crippen LogP contribution in [0.15, 0.2) is 0 Å². The van der Waals surface area contributed by atoms with E-state index in [0.717, 1.165) is 8.97 Å². The molecule has 0 heterocycles. The van der Waals surface area contributed by atoms with Crippen LogP contribution in [0.5, 0.6) is 0 Å². The van der Waals surface area contributed by atoms with Crippen LogP contribution in [0.4, 0.5) is 0 Å². The molecule has 0 saturated carbocycles. The van der Waals surface area contributed by atoms with Crippen LogP contribution in [-0.4, -0.2) is 75.3 Å². The van der Waals surface area contributed by atoms with Crippen molar-refractivity contribution in [3.63, 3.8) is 0 Å². The van der Waals surface area contributed by atoms with Crippen molar-refractivity contribution in [2.45, 2.75) is 25.7 Å². The summed E-state index contributed by atoms with van der Waals surface area (Å²) in [5.74, 6) is 0. The van der Waals surface area contributed by atoms with Crippen molar-refractivity contribution in [1.29, 1.82) is 0 Å². The quantitative estimate of drug-likeness (QED) is 0.498. The number of unbranched alkanes of at least 4 members (excludes halogenated alkanes) is 3. The molecule has 4 nitrogen and oxygen atoms in total. The average molecular weight is 236 g/mol. The van der Waals surface area contributed by atoms with E-state index in [4.69, 9.17) is 0 Å². The normalized spacial score (nSPS) is 11.6. The molecule has 2 N–H and O–H groups in total. The zero-order chi connectivity index (χ0) is 11.2. The Balaban J connectivity index is -0.000000845. The summed E-state index contributed by atoms with van der Waals surface area (Å²) in [6, 6.07) is 0. The molecule has 0 saturated heterocycles. The van der Waals surface area contributed by atoms with Crippen LogP contribution in [0.2, 0.25) is 0 Å². The summed E-state index contributed by atoms with van der Waals surface area (Å²) in [6.45, 7) is 2.62. The second-order valence-electron chi connectivity index (χ2n) is 6.44. The summed E-state index contributed by atoms with van der Waals surface area (Å²) in [5.41, 5.74) is 0. The van der Waals surface area contributed by atoms with Gasteiger partial charge in [-0.15, -0.1) is 0 Å². The van der Waals surface area contributed by atoms with Crippen molar-refractivity contribution in [3.8, 4) is 0 Å². The highest BCUT2D eigenvalue weighted by molar-refractivity contribution is 4.42. The van der Waals surface area contributed by atoms with E-state index in [0.29, 0.717) is 0 Å². The van der Waals surface area contributed by atoms with E-state index in [1.165, 1.54) is 38.8 Å². The van der Waals surface area contributed by atoms with Crippen molar-refractivity contribution >= 4 is 0 Å². The molecular weight excluding hydrogens is 204 g/mol. The maximum Gasteiger partial charge on any atom is 0.0780 e. The summed E-state index contributed by atoms with van der Waals surface area (Å²) in [6.07, 6.45) is 5.55. The molecule has 0 aromatic carbocycles. The third kappa shape index (κ3) is 19.4. The SMILES string of the molecule is C[N+](C)(C)CCCCCC[N+](C)(C)C.[OH-].[OH-]. The lowest BCUT2D eigenvalue weighted by molar-refractivity contribution is -0.871. The third-order valence-electron chi connectivity index (χ3n) is 2.41. The third-order valence-corrected chi connectivity index (χ3v) is 2.41. The molecule has 0 rings (SSSR count). The number of quaternary nitrogens is 2. The van der Waals surface area contributed by atoms with Gasteiger partial charge in [-0.25, -0.2) is 0 Å². The maximum absolute atomic E-state index is 2.27.